The highest BCUT2D eigenvalue weighted by molar-refractivity contribution is 5.75. The van der Waals surface area contributed by atoms with Crippen molar-refractivity contribution in [2.45, 2.75) is 124 Å². The first kappa shape index (κ1) is 29.1. The summed E-state index contributed by atoms with van der Waals surface area (Å²) in [5, 5.41) is 9.77. The van der Waals surface area contributed by atoms with Crippen molar-refractivity contribution >= 4 is 5.97 Å². The Morgan fingerprint density at radius 1 is 0.800 bits per heavy atom. The van der Waals surface area contributed by atoms with E-state index in [9.17, 15) is 9.90 Å². The molecule has 1 N–H and O–H groups in total. The number of hydrogen-bond acceptors (Lipinski definition) is 4. The van der Waals surface area contributed by atoms with Gasteiger partial charge in [-0.25, -0.2) is 0 Å². The Morgan fingerprint density at radius 3 is 1.80 bits per heavy atom. The van der Waals surface area contributed by atoms with E-state index in [2.05, 4.69) is 13.0 Å². The van der Waals surface area contributed by atoms with Crippen LogP contribution in [0.5, 0.6) is 0 Å². The molecule has 0 aromatic heterocycles. The Kier molecular flexibility index (Phi) is 19.5. The first-order valence-electron chi connectivity index (χ1n) is 12.5. The number of rotatable bonds is 20. The van der Waals surface area contributed by atoms with Gasteiger partial charge in [0, 0.05) is 0 Å². The summed E-state index contributed by atoms with van der Waals surface area (Å²) in [6.45, 7) is 8.30. The molecule has 0 saturated heterocycles. The van der Waals surface area contributed by atoms with E-state index in [4.69, 9.17) is 9.47 Å². The molecule has 0 rings (SSSR count). The number of ether oxygens (including phenoxy) is 2. The van der Waals surface area contributed by atoms with Crippen LogP contribution in [0, 0.1) is 5.41 Å². The van der Waals surface area contributed by atoms with E-state index < -0.39 is 11.5 Å². The summed E-state index contributed by atoms with van der Waals surface area (Å²) < 4.78 is 10.5. The third kappa shape index (κ3) is 20.4. The summed E-state index contributed by atoms with van der Waals surface area (Å²) in [6.07, 6.45) is 22.4. The van der Waals surface area contributed by atoms with Crippen LogP contribution in [-0.4, -0.2) is 37.0 Å². The average molecular weight is 427 g/mol. The molecule has 30 heavy (non-hydrogen) atoms. The third-order valence-corrected chi connectivity index (χ3v) is 5.18. The van der Waals surface area contributed by atoms with Crippen molar-refractivity contribution in [1.29, 1.82) is 0 Å². The number of aliphatic hydroxyl groups is 1. The van der Waals surface area contributed by atoms with Gasteiger partial charge in [0.15, 0.2) is 0 Å². The second-order valence-electron chi connectivity index (χ2n) is 9.54. The molecule has 4 nitrogen and oxygen atoms in total. The van der Waals surface area contributed by atoms with Crippen molar-refractivity contribution in [2.24, 2.45) is 5.41 Å². The molecule has 0 radical (unpaired) electrons. The van der Waals surface area contributed by atoms with Crippen LogP contribution in [0.1, 0.15) is 118 Å². The van der Waals surface area contributed by atoms with Gasteiger partial charge in [0.05, 0.1) is 18.6 Å². The number of esters is 1. The minimum atomic E-state index is -0.772. The zero-order valence-electron chi connectivity index (χ0n) is 20.4. The molecule has 178 valence electrons. The average Bonchev–Trinajstić information content (AvgIpc) is 2.70. The van der Waals surface area contributed by atoms with E-state index in [1.165, 1.54) is 83.5 Å². The SMILES string of the molecule is CCCCCCCCCCCCCCC/C=C/COC[C@@H](O)COC(=O)C(C)(C)C. The van der Waals surface area contributed by atoms with Crippen LogP contribution in [0.15, 0.2) is 12.2 Å². The lowest BCUT2D eigenvalue weighted by atomic mass is 9.97. The Balaban J connectivity index is 3.31. The van der Waals surface area contributed by atoms with Crippen molar-refractivity contribution in [3.05, 3.63) is 12.2 Å². The van der Waals surface area contributed by atoms with Gasteiger partial charge in [-0.15, -0.1) is 0 Å². The molecule has 1 atom stereocenters. The topological polar surface area (TPSA) is 55.8 Å². The van der Waals surface area contributed by atoms with Gasteiger partial charge in [-0.2, -0.15) is 0 Å². The van der Waals surface area contributed by atoms with E-state index in [1.807, 2.05) is 6.08 Å². The molecule has 0 aromatic carbocycles. The van der Waals surface area contributed by atoms with Crippen molar-refractivity contribution in [2.75, 3.05) is 19.8 Å². The zero-order valence-corrected chi connectivity index (χ0v) is 20.4. The number of aliphatic hydroxyl groups excluding tert-OH is 1. The van der Waals surface area contributed by atoms with Crippen LogP contribution in [0.2, 0.25) is 0 Å². The second-order valence-corrected chi connectivity index (χ2v) is 9.54. The van der Waals surface area contributed by atoms with Gasteiger partial charge in [-0.1, -0.05) is 96.1 Å². The van der Waals surface area contributed by atoms with Crippen molar-refractivity contribution in [1.82, 2.24) is 0 Å². The molecule has 0 saturated carbocycles. The summed E-state index contributed by atoms with van der Waals surface area (Å²) in [6, 6.07) is 0. The van der Waals surface area contributed by atoms with Crippen molar-refractivity contribution in [3.63, 3.8) is 0 Å². The standard InChI is InChI=1S/C26H50O4/c1-5-6-7-8-9-10-11-12-13-14-15-16-17-18-19-20-21-29-22-24(27)23-30-25(28)26(2,3)4/h19-20,24,27H,5-18,21-23H2,1-4H3/b20-19+/t24-/m1/s1. The van der Waals surface area contributed by atoms with Gasteiger partial charge >= 0.3 is 5.97 Å². The summed E-state index contributed by atoms with van der Waals surface area (Å²) in [7, 11) is 0. The highest BCUT2D eigenvalue weighted by Crippen LogP contribution is 2.15. The lowest BCUT2D eigenvalue weighted by Crippen LogP contribution is -2.29. The molecular formula is C26H50O4. The van der Waals surface area contributed by atoms with Crippen LogP contribution in [0.25, 0.3) is 0 Å². The maximum atomic E-state index is 11.6. The fourth-order valence-electron chi connectivity index (χ4n) is 3.17. The Bertz CT molecular complexity index is 412. The molecule has 0 aliphatic heterocycles. The molecule has 0 aliphatic rings. The van der Waals surface area contributed by atoms with Crippen LogP contribution >= 0.6 is 0 Å². The summed E-state index contributed by atoms with van der Waals surface area (Å²) in [4.78, 5) is 11.6. The predicted octanol–water partition coefficient (Wildman–Crippen LogP) is 6.99. The molecule has 0 spiro atoms. The van der Waals surface area contributed by atoms with E-state index in [0.29, 0.717) is 6.61 Å². The Morgan fingerprint density at radius 2 is 1.30 bits per heavy atom. The fourth-order valence-corrected chi connectivity index (χ4v) is 3.17. The number of unbranched alkanes of at least 4 members (excludes halogenated alkanes) is 13. The fraction of sp³-hybridized carbons (Fsp3) is 0.885. The molecule has 0 fully saturated rings. The minimum Gasteiger partial charge on any atom is -0.462 e. The van der Waals surface area contributed by atoms with Gasteiger partial charge in [-0.05, 0) is 33.6 Å². The lowest BCUT2D eigenvalue weighted by Gasteiger charge is -2.18. The largest absolute Gasteiger partial charge is 0.462 e. The molecule has 0 aromatic rings. The summed E-state index contributed by atoms with van der Waals surface area (Å²) in [5.74, 6) is -0.306. The number of carbonyl (C=O) groups excluding carboxylic acids is 1. The van der Waals surface area contributed by atoms with Crippen LogP contribution in [0.3, 0.4) is 0 Å². The third-order valence-electron chi connectivity index (χ3n) is 5.18. The van der Waals surface area contributed by atoms with E-state index >= 15 is 0 Å². The van der Waals surface area contributed by atoms with Gasteiger partial charge in [-0.3, -0.25) is 4.79 Å². The van der Waals surface area contributed by atoms with Gasteiger partial charge < -0.3 is 14.6 Å². The van der Waals surface area contributed by atoms with Crippen molar-refractivity contribution in [3.8, 4) is 0 Å². The van der Waals surface area contributed by atoms with Gasteiger partial charge in [0.1, 0.15) is 12.7 Å². The van der Waals surface area contributed by atoms with Crippen molar-refractivity contribution < 1.29 is 19.4 Å². The maximum Gasteiger partial charge on any atom is 0.311 e. The smallest absolute Gasteiger partial charge is 0.311 e. The van der Waals surface area contributed by atoms with E-state index in [-0.39, 0.29) is 19.2 Å². The second kappa shape index (κ2) is 20.1. The molecule has 0 bridgehead atoms. The van der Waals surface area contributed by atoms with E-state index in [1.54, 1.807) is 20.8 Å². The van der Waals surface area contributed by atoms with Crippen LogP contribution in [-0.2, 0) is 14.3 Å². The normalized spacial score (nSPS) is 13.1. The predicted molar refractivity (Wildman–Crippen MR) is 127 cm³/mol. The van der Waals surface area contributed by atoms with Crippen LogP contribution < -0.4 is 0 Å². The highest BCUT2D eigenvalue weighted by atomic mass is 16.5. The number of allylic oxidation sites excluding steroid dienone is 1. The summed E-state index contributed by atoms with van der Waals surface area (Å²) >= 11 is 0. The number of carbonyl (C=O) groups is 1. The minimum absolute atomic E-state index is 0.0151. The van der Waals surface area contributed by atoms with Gasteiger partial charge in [0.2, 0.25) is 0 Å². The quantitative estimate of drug-likeness (QED) is 0.129. The Hall–Kier alpha value is -0.870. The molecule has 0 amide bonds. The maximum absolute atomic E-state index is 11.6. The zero-order chi connectivity index (χ0) is 22.5. The lowest BCUT2D eigenvalue weighted by molar-refractivity contribution is -0.156. The Labute approximate surface area is 186 Å². The van der Waals surface area contributed by atoms with Crippen LogP contribution in [0.4, 0.5) is 0 Å². The molecule has 0 aliphatic carbocycles. The molecule has 0 heterocycles. The summed E-state index contributed by atoms with van der Waals surface area (Å²) in [5.41, 5.74) is -0.545. The molecule has 0 unspecified atom stereocenters. The molecular weight excluding hydrogens is 376 g/mol. The molecule has 4 heteroatoms. The highest BCUT2D eigenvalue weighted by Gasteiger charge is 2.23. The van der Waals surface area contributed by atoms with Gasteiger partial charge in [0.25, 0.3) is 0 Å². The first-order valence-corrected chi connectivity index (χ1v) is 12.5. The monoisotopic (exact) mass is 426 g/mol. The van der Waals surface area contributed by atoms with E-state index in [0.717, 1.165) is 6.42 Å². The number of hydrogen-bond donors (Lipinski definition) is 1. The first-order chi connectivity index (χ1) is 14.4.